The normalized spacial score (nSPS) is 35.9. The van der Waals surface area contributed by atoms with E-state index < -0.39 is 53.6 Å². The highest BCUT2D eigenvalue weighted by Crippen LogP contribution is 2.66. The number of aliphatic hydroxyl groups excluding tert-OH is 1. The Bertz CT molecular complexity index is 1070. The number of amides is 2. The molecule has 3 aliphatic heterocycles. The maximum Gasteiger partial charge on any atom is 0.310 e. The van der Waals surface area contributed by atoms with Crippen LogP contribution >= 0.6 is 0 Å². The Morgan fingerprint density at radius 2 is 1.92 bits per heavy atom. The largest absolute Gasteiger partial charge is 0.481 e. The lowest BCUT2D eigenvalue weighted by atomic mass is 9.62. The van der Waals surface area contributed by atoms with E-state index in [9.17, 15) is 24.6 Å². The SMILES string of the molecule is C=CCN(C(=O)C1N([C@H](CO)c2ccccc2)C(=O)[C@@H]2[C@@H](C(=O)O)[C@]3(C)OC12CC3C)C1CCCCC1. The van der Waals surface area contributed by atoms with Crippen molar-refractivity contribution < 1.29 is 29.3 Å². The maximum atomic E-state index is 14.6. The molecule has 2 amide bonds. The van der Waals surface area contributed by atoms with Crippen LogP contribution in [-0.4, -0.2) is 74.2 Å². The van der Waals surface area contributed by atoms with Crippen LogP contribution in [0.3, 0.4) is 0 Å². The molecular formula is C29H38N2O6. The molecule has 1 aromatic carbocycles. The summed E-state index contributed by atoms with van der Waals surface area (Å²) in [6, 6.07) is 7.35. The van der Waals surface area contributed by atoms with Gasteiger partial charge in [-0.2, -0.15) is 0 Å². The van der Waals surface area contributed by atoms with Crippen molar-refractivity contribution in [2.45, 2.75) is 81.7 Å². The highest BCUT2D eigenvalue weighted by Gasteiger charge is 2.80. The van der Waals surface area contributed by atoms with Crippen molar-refractivity contribution >= 4 is 17.8 Å². The Hall–Kier alpha value is -2.71. The molecule has 1 aliphatic carbocycles. The molecule has 3 saturated heterocycles. The number of aliphatic carboxylic acids is 1. The first-order valence-corrected chi connectivity index (χ1v) is 13.5. The van der Waals surface area contributed by atoms with E-state index in [1.54, 1.807) is 13.0 Å². The van der Waals surface area contributed by atoms with Crippen LogP contribution in [0.4, 0.5) is 0 Å². The van der Waals surface area contributed by atoms with Crippen molar-refractivity contribution in [3.8, 4) is 0 Å². The number of hydrogen-bond donors (Lipinski definition) is 2. The fraction of sp³-hybridized carbons (Fsp3) is 0.621. The third-order valence-corrected chi connectivity index (χ3v) is 9.57. The minimum atomic E-state index is -1.26. The summed E-state index contributed by atoms with van der Waals surface area (Å²) in [5.41, 5.74) is -1.62. The van der Waals surface area contributed by atoms with Crippen molar-refractivity contribution in [2.75, 3.05) is 13.2 Å². The molecule has 2 bridgehead atoms. The molecule has 2 N–H and O–H groups in total. The standard InChI is InChI=1S/C29H38N2O6/c1-4-15-30(20-13-9-6-10-14-20)26(34)24-29-16-18(2)28(3,37-29)23(27(35)36)22(29)25(33)31(24)21(17-32)19-11-7-5-8-12-19/h4-5,7-8,11-12,18,20-24,32H,1,6,9-10,13-17H2,2-3H3,(H,35,36)/t18?,21-,22+,23+,24?,28-,29?/m1/s1. The van der Waals surface area contributed by atoms with E-state index in [0.29, 0.717) is 18.5 Å². The second-order valence-corrected chi connectivity index (χ2v) is 11.5. The molecule has 3 heterocycles. The summed E-state index contributed by atoms with van der Waals surface area (Å²) in [7, 11) is 0. The van der Waals surface area contributed by atoms with Gasteiger partial charge in [-0.15, -0.1) is 6.58 Å². The molecule has 200 valence electrons. The number of likely N-dealkylation sites (tertiary alicyclic amines) is 1. The van der Waals surface area contributed by atoms with E-state index in [1.807, 2.05) is 42.2 Å². The topological polar surface area (TPSA) is 107 Å². The van der Waals surface area contributed by atoms with Gasteiger partial charge in [-0.1, -0.05) is 62.6 Å². The molecule has 8 heteroatoms. The van der Waals surface area contributed by atoms with Gasteiger partial charge >= 0.3 is 5.97 Å². The Labute approximate surface area is 218 Å². The monoisotopic (exact) mass is 510 g/mol. The van der Waals surface area contributed by atoms with Crippen LogP contribution in [0, 0.1) is 17.8 Å². The van der Waals surface area contributed by atoms with Crippen molar-refractivity contribution in [3.05, 3.63) is 48.6 Å². The molecule has 37 heavy (non-hydrogen) atoms. The molecule has 4 fully saturated rings. The van der Waals surface area contributed by atoms with Gasteiger partial charge in [-0.05, 0) is 37.7 Å². The van der Waals surface area contributed by atoms with Gasteiger partial charge in [-0.3, -0.25) is 14.4 Å². The Balaban J connectivity index is 1.65. The number of benzene rings is 1. The first-order valence-electron chi connectivity index (χ1n) is 13.5. The second kappa shape index (κ2) is 9.55. The molecule has 0 aromatic heterocycles. The highest BCUT2D eigenvalue weighted by atomic mass is 16.5. The van der Waals surface area contributed by atoms with E-state index in [4.69, 9.17) is 4.74 Å². The summed E-state index contributed by atoms with van der Waals surface area (Å²) in [5.74, 6) is -3.96. The third kappa shape index (κ3) is 3.75. The van der Waals surface area contributed by atoms with E-state index in [-0.39, 0.29) is 17.9 Å². The lowest BCUT2D eigenvalue weighted by Gasteiger charge is -2.42. The molecule has 1 aromatic rings. The summed E-state index contributed by atoms with van der Waals surface area (Å²) in [6.45, 7) is 7.55. The van der Waals surface area contributed by atoms with Gasteiger partial charge in [0.15, 0.2) is 0 Å². The first-order chi connectivity index (χ1) is 17.7. The zero-order chi connectivity index (χ0) is 26.5. The maximum absolute atomic E-state index is 14.6. The van der Waals surface area contributed by atoms with Gasteiger partial charge in [0, 0.05) is 12.6 Å². The molecule has 1 saturated carbocycles. The molecule has 4 aliphatic rings. The highest BCUT2D eigenvalue weighted by molar-refractivity contribution is 5.98. The van der Waals surface area contributed by atoms with Crippen LogP contribution in [-0.2, 0) is 19.1 Å². The van der Waals surface area contributed by atoms with Crippen molar-refractivity contribution in [1.82, 2.24) is 9.80 Å². The number of aliphatic hydroxyl groups is 1. The number of carboxylic acids is 1. The Morgan fingerprint density at radius 1 is 1.24 bits per heavy atom. The predicted molar refractivity (Wildman–Crippen MR) is 136 cm³/mol. The minimum Gasteiger partial charge on any atom is -0.481 e. The molecule has 5 rings (SSSR count). The number of ether oxygens (including phenoxy) is 1. The summed E-state index contributed by atoms with van der Waals surface area (Å²) in [5, 5.41) is 20.9. The summed E-state index contributed by atoms with van der Waals surface area (Å²) in [6.07, 6.45) is 7.07. The lowest BCUT2D eigenvalue weighted by molar-refractivity contribution is -0.161. The average molecular weight is 511 g/mol. The molecule has 1 spiro atoms. The van der Waals surface area contributed by atoms with Crippen LogP contribution in [0.2, 0.25) is 0 Å². The van der Waals surface area contributed by atoms with Crippen molar-refractivity contribution in [2.24, 2.45) is 17.8 Å². The van der Waals surface area contributed by atoms with Crippen LogP contribution in [0.15, 0.2) is 43.0 Å². The van der Waals surface area contributed by atoms with E-state index >= 15 is 0 Å². The number of carboxylic acid groups (broad SMARTS) is 1. The average Bonchev–Trinajstić information content (AvgIpc) is 3.41. The quantitative estimate of drug-likeness (QED) is 0.521. The lowest BCUT2D eigenvalue weighted by Crippen LogP contribution is -2.59. The Kier molecular flexibility index (Phi) is 6.69. The summed E-state index contributed by atoms with van der Waals surface area (Å²) >= 11 is 0. The van der Waals surface area contributed by atoms with Crippen molar-refractivity contribution in [3.63, 3.8) is 0 Å². The van der Waals surface area contributed by atoms with Gasteiger partial charge in [0.1, 0.15) is 17.6 Å². The van der Waals surface area contributed by atoms with Gasteiger partial charge in [0.25, 0.3) is 0 Å². The fourth-order valence-corrected chi connectivity index (χ4v) is 7.81. The summed E-state index contributed by atoms with van der Waals surface area (Å²) < 4.78 is 6.64. The second-order valence-electron chi connectivity index (χ2n) is 11.5. The zero-order valence-corrected chi connectivity index (χ0v) is 21.7. The first kappa shape index (κ1) is 25.9. The molecule has 0 radical (unpaired) electrons. The van der Waals surface area contributed by atoms with Gasteiger partial charge in [0.05, 0.1) is 24.2 Å². The number of fused-ring (bicyclic) bond motifs is 1. The van der Waals surface area contributed by atoms with Gasteiger partial charge < -0.3 is 24.7 Å². The number of carbonyl (C=O) groups is 3. The number of nitrogens with zero attached hydrogens (tertiary/aromatic N) is 2. The van der Waals surface area contributed by atoms with E-state index in [0.717, 1.165) is 32.1 Å². The smallest absolute Gasteiger partial charge is 0.310 e. The zero-order valence-electron chi connectivity index (χ0n) is 21.7. The minimum absolute atomic E-state index is 0.0258. The molecule has 3 unspecified atom stereocenters. The number of carbonyl (C=O) groups excluding carboxylic acids is 2. The van der Waals surface area contributed by atoms with Crippen LogP contribution in [0.25, 0.3) is 0 Å². The van der Waals surface area contributed by atoms with E-state index in [2.05, 4.69) is 6.58 Å². The molecular weight excluding hydrogens is 472 g/mol. The van der Waals surface area contributed by atoms with Crippen LogP contribution < -0.4 is 0 Å². The van der Waals surface area contributed by atoms with Crippen LogP contribution in [0.1, 0.15) is 64.0 Å². The van der Waals surface area contributed by atoms with Crippen LogP contribution in [0.5, 0.6) is 0 Å². The number of rotatable bonds is 8. The predicted octanol–water partition coefficient (Wildman–Crippen LogP) is 3.16. The number of hydrogen-bond acceptors (Lipinski definition) is 5. The van der Waals surface area contributed by atoms with Gasteiger partial charge in [-0.25, -0.2) is 0 Å². The third-order valence-electron chi connectivity index (χ3n) is 9.57. The molecule has 8 nitrogen and oxygen atoms in total. The Morgan fingerprint density at radius 3 is 2.51 bits per heavy atom. The van der Waals surface area contributed by atoms with Gasteiger partial charge in [0.2, 0.25) is 11.8 Å². The molecule has 7 atom stereocenters. The summed E-state index contributed by atoms with van der Waals surface area (Å²) in [4.78, 5) is 44.8. The fourth-order valence-electron chi connectivity index (χ4n) is 7.81. The van der Waals surface area contributed by atoms with Crippen molar-refractivity contribution in [1.29, 1.82) is 0 Å². The van der Waals surface area contributed by atoms with E-state index in [1.165, 1.54) is 4.90 Å².